The summed E-state index contributed by atoms with van der Waals surface area (Å²) in [6, 6.07) is 0. The van der Waals surface area contributed by atoms with Crippen LogP contribution in [0.25, 0.3) is 0 Å². The van der Waals surface area contributed by atoms with Crippen LogP contribution in [0.4, 0.5) is 0 Å². The Balaban J connectivity index is 2.84. The second-order valence-corrected chi connectivity index (χ2v) is 1.46. The molecule has 0 saturated heterocycles. The van der Waals surface area contributed by atoms with Crippen molar-refractivity contribution in [3.8, 4) is 6.08 Å². The summed E-state index contributed by atoms with van der Waals surface area (Å²) >= 11 is 0. The van der Waals surface area contributed by atoms with Crippen molar-refractivity contribution < 1.29 is 9.15 Å². The van der Waals surface area contributed by atoms with E-state index in [1.165, 1.54) is 7.11 Å². The van der Waals surface area contributed by atoms with E-state index in [1.54, 1.807) is 6.26 Å². The van der Waals surface area contributed by atoms with E-state index in [4.69, 9.17) is 4.42 Å². The molecule has 3 heteroatoms. The van der Waals surface area contributed by atoms with Crippen molar-refractivity contribution in [3.05, 3.63) is 12.0 Å². The zero-order valence-electron chi connectivity index (χ0n) is 4.84. The maximum atomic E-state index is 4.78. The van der Waals surface area contributed by atoms with E-state index in [1.807, 2.05) is 6.92 Å². The van der Waals surface area contributed by atoms with Gasteiger partial charge in [0.05, 0.1) is 12.8 Å². The Morgan fingerprint density at radius 3 is 2.75 bits per heavy atom. The van der Waals surface area contributed by atoms with Gasteiger partial charge in [-0.25, -0.2) is 0 Å². The first-order chi connectivity index (χ1) is 3.83. The molecule has 0 bridgehead atoms. The molecule has 44 valence electrons. The third kappa shape index (κ3) is 0.804. The number of rotatable bonds is 1. The second kappa shape index (κ2) is 1.86. The number of aromatic nitrogens is 1. The molecule has 1 aromatic rings. The number of methoxy groups -OCH3 is 1. The number of hydrogen-bond donors (Lipinski definition) is 0. The van der Waals surface area contributed by atoms with E-state index in [2.05, 4.69) is 9.72 Å². The lowest BCUT2D eigenvalue weighted by Gasteiger charge is -1.83. The average Bonchev–Trinajstić information content (AvgIpc) is 2.14. The largest absolute Gasteiger partial charge is 0.454 e. The maximum Gasteiger partial charge on any atom is 0.393 e. The van der Waals surface area contributed by atoms with Crippen LogP contribution in [0.15, 0.2) is 10.7 Å². The van der Waals surface area contributed by atoms with Gasteiger partial charge in [0, 0.05) is 0 Å². The number of nitrogens with zero attached hydrogens (tertiary/aromatic N) is 1. The van der Waals surface area contributed by atoms with E-state index in [9.17, 15) is 0 Å². The molecule has 0 aliphatic rings. The van der Waals surface area contributed by atoms with Crippen LogP contribution >= 0.6 is 0 Å². The van der Waals surface area contributed by atoms with Crippen molar-refractivity contribution >= 4 is 0 Å². The molecule has 3 nitrogen and oxygen atoms in total. The molecule has 0 fully saturated rings. The summed E-state index contributed by atoms with van der Waals surface area (Å²) in [5.41, 5.74) is 0.835. The lowest BCUT2D eigenvalue weighted by atomic mass is 10.6. The lowest BCUT2D eigenvalue weighted by Crippen LogP contribution is -1.80. The fraction of sp³-hybridized carbons (Fsp3) is 0.400. The first-order valence-corrected chi connectivity index (χ1v) is 2.29. The monoisotopic (exact) mass is 113 g/mol. The normalized spacial score (nSPS) is 9.25. The van der Waals surface area contributed by atoms with Gasteiger partial charge in [-0.15, -0.1) is 0 Å². The fourth-order valence-electron chi connectivity index (χ4n) is 0.426. The van der Waals surface area contributed by atoms with Gasteiger partial charge in [0.25, 0.3) is 0 Å². The fourth-order valence-corrected chi connectivity index (χ4v) is 0.426. The molecule has 0 amide bonds. The molecule has 0 saturated carbocycles. The van der Waals surface area contributed by atoms with E-state index in [0.29, 0.717) is 6.08 Å². The van der Waals surface area contributed by atoms with Crippen molar-refractivity contribution in [1.82, 2.24) is 4.98 Å². The van der Waals surface area contributed by atoms with Crippen LogP contribution in [-0.2, 0) is 0 Å². The molecular formula is C5H7NO2. The van der Waals surface area contributed by atoms with E-state index in [-0.39, 0.29) is 0 Å². The smallest absolute Gasteiger partial charge is 0.393 e. The first-order valence-electron chi connectivity index (χ1n) is 2.29. The van der Waals surface area contributed by atoms with Crippen molar-refractivity contribution in [2.75, 3.05) is 7.11 Å². The van der Waals surface area contributed by atoms with E-state index in [0.717, 1.165) is 5.69 Å². The van der Waals surface area contributed by atoms with Crippen molar-refractivity contribution in [2.24, 2.45) is 0 Å². The standard InChI is InChI=1S/C5H7NO2/c1-4-3-8-5(6-4)7-2/h3H,1-2H3. The molecule has 1 rings (SSSR count). The summed E-state index contributed by atoms with van der Waals surface area (Å²) in [6.07, 6.45) is 1.86. The van der Waals surface area contributed by atoms with Gasteiger partial charge in [0.15, 0.2) is 0 Å². The van der Waals surface area contributed by atoms with Crippen LogP contribution in [0.5, 0.6) is 6.08 Å². The van der Waals surface area contributed by atoms with Crippen LogP contribution in [0.3, 0.4) is 0 Å². The van der Waals surface area contributed by atoms with Gasteiger partial charge in [-0.3, -0.25) is 0 Å². The highest BCUT2D eigenvalue weighted by Gasteiger charge is 1.94. The average molecular weight is 113 g/mol. The molecule has 1 heterocycles. The van der Waals surface area contributed by atoms with Gasteiger partial charge >= 0.3 is 6.08 Å². The highest BCUT2D eigenvalue weighted by atomic mass is 16.6. The van der Waals surface area contributed by atoms with Crippen LogP contribution < -0.4 is 4.74 Å². The number of ether oxygens (including phenoxy) is 1. The molecular weight excluding hydrogens is 106 g/mol. The summed E-state index contributed by atoms with van der Waals surface area (Å²) in [6.45, 7) is 1.84. The predicted molar refractivity (Wildman–Crippen MR) is 27.8 cm³/mol. The molecule has 0 N–H and O–H groups in total. The Kier molecular flexibility index (Phi) is 1.20. The Morgan fingerprint density at radius 2 is 2.50 bits per heavy atom. The molecule has 8 heavy (non-hydrogen) atoms. The van der Waals surface area contributed by atoms with Crippen LogP contribution in [-0.4, -0.2) is 12.1 Å². The number of aryl methyl sites for hydroxylation is 1. The minimum atomic E-state index is 0.322. The molecule has 0 aliphatic carbocycles. The Hall–Kier alpha value is -0.990. The lowest BCUT2D eigenvalue weighted by molar-refractivity contribution is 0.290. The SMILES string of the molecule is COc1nc(C)co1. The van der Waals surface area contributed by atoms with Gasteiger partial charge in [-0.05, 0) is 6.92 Å². The van der Waals surface area contributed by atoms with Crippen molar-refractivity contribution in [1.29, 1.82) is 0 Å². The van der Waals surface area contributed by atoms with Crippen LogP contribution in [0.2, 0.25) is 0 Å². The van der Waals surface area contributed by atoms with E-state index >= 15 is 0 Å². The zero-order valence-corrected chi connectivity index (χ0v) is 4.84. The summed E-state index contributed by atoms with van der Waals surface area (Å²) in [4.78, 5) is 3.84. The zero-order chi connectivity index (χ0) is 5.98. The molecule has 0 radical (unpaired) electrons. The predicted octanol–water partition coefficient (Wildman–Crippen LogP) is 0.992. The molecule has 0 atom stereocenters. The number of oxazole rings is 1. The van der Waals surface area contributed by atoms with Crippen molar-refractivity contribution in [2.45, 2.75) is 6.92 Å². The van der Waals surface area contributed by atoms with Gasteiger partial charge < -0.3 is 9.15 Å². The van der Waals surface area contributed by atoms with Gasteiger partial charge in [-0.1, -0.05) is 0 Å². The summed E-state index contributed by atoms with van der Waals surface area (Å²) in [5.74, 6) is 0. The molecule has 0 unspecified atom stereocenters. The molecule has 0 aliphatic heterocycles. The minimum Gasteiger partial charge on any atom is -0.454 e. The quantitative estimate of drug-likeness (QED) is 0.544. The molecule has 1 aromatic heterocycles. The maximum absolute atomic E-state index is 4.78. The van der Waals surface area contributed by atoms with Gasteiger partial charge in [0.2, 0.25) is 0 Å². The summed E-state index contributed by atoms with van der Waals surface area (Å²) in [5, 5.41) is 0. The Bertz CT molecular complexity index is 171. The highest BCUT2D eigenvalue weighted by Crippen LogP contribution is 2.06. The highest BCUT2D eigenvalue weighted by molar-refractivity contribution is 4.95. The third-order valence-corrected chi connectivity index (χ3v) is 0.773. The molecule has 0 spiro atoms. The van der Waals surface area contributed by atoms with E-state index < -0.39 is 0 Å². The Morgan fingerprint density at radius 1 is 1.75 bits per heavy atom. The minimum absolute atomic E-state index is 0.322. The number of hydrogen-bond acceptors (Lipinski definition) is 3. The van der Waals surface area contributed by atoms with Crippen molar-refractivity contribution in [3.63, 3.8) is 0 Å². The summed E-state index contributed by atoms with van der Waals surface area (Å²) in [7, 11) is 1.52. The topological polar surface area (TPSA) is 35.3 Å². The Labute approximate surface area is 47.3 Å². The summed E-state index contributed by atoms with van der Waals surface area (Å²) < 4.78 is 9.44. The van der Waals surface area contributed by atoms with Crippen LogP contribution in [0.1, 0.15) is 5.69 Å². The van der Waals surface area contributed by atoms with Gasteiger partial charge in [-0.2, -0.15) is 4.98 Å². The third-order valence-electron chi connectivity index (χ3n) is 0.773. The second-order valence-electron chi connectivity index (χ2n) is 1.46. The first kappa shape index (κ1) is 5.15. The van der Waals surface area contributed by atoms with Gasteiger partial charge in [0.1, 0.15) is 6.26 Å². The molecule has 0 aromatic carbocycles. The van der Waals surface area contributed by atoms with Crippen LogP contribution in [0, 0.1) is 6.92 Å².